The fourth-order valence-corrected chi connectivity index (χ4v) is 4.50. The number of para-hydroxylation sites is 1. The normalized spacial score (nSPS) is 17.5. The number of amidine groups is 1. The van der Waals surface area contributed by atoms with Crippen LogP contribution in [-0.2, 0) is 4.79 Å². The van der Waals surface area contributed by atoms with Crippen LogP contribution in [0.15, 0.2) is 47.5 Å². The fraction of sp³-hybridized carbons (Fsp3) is 0.440. The van der Waals surface area contributed by atoms with Crippen molar-refractivity contribution >= 4 is 29.0 Å². The first-order valence-corrected chi connectivity index (χ1v) is 11.9. The number of carbonyl (C=O) groups excluding carboxylic acids is 1. The third kappa shape index (κ3) is 5.08. The molecule has 1 saturated heterocycles. The van der Waals surface area contributed by atoms with E-state index in [0.717, 1.165) is 56.2 Å². The highest BCUT2D eigenvalue weighted by atomic mass is 35.5. The molecule has 32 heavy (non-hydrogen) atoms. The van der Waals surface area contributed by atoms with Gasteiger partial charge in [0.25, 0.3) is 0 Å². The second-order valence-electron chi connectivity index (χ2n) is 8.33. The second kappa shape index (κ2) is 10.4. The molecule has 7 heteroatoms. The van der Waals surface area contributed by atoms with Crippen LogP contribution in [0.5, 0.6) is 11.5 Å². The van der Waals surface area contributed by atoms with E-state index in [2.05, 4.69) is 24.1 Å². The molecule has 0 radical (unpaired) electrons. The molecule has 0 saturated carbocycles. The first-order chi connectivity index (χ1) is 15.6. The van der Waals surface area contributed by atoms with Gasteiger partial charge in [0.2, 0.25) is 5.91 Å². The highest BCUT2D eigenvalue weighted by Crippen LogP contribution is 2.39. The molecule has 0 aliphatic carbocycles. The first kappa shape index (κ1) is 22.6. The summed E-state index contributed by atoms with van der Waals surface area (Å²) in [6, 6.07) is 13.5. The minimum atomic E-state index is 0.0744. The van der Waals surface area contributed by atoms with Crippen LogP contribution < -0.4 is 10.1 Å². The van der Waals surface area contributed by atoms with Crippen LogP contribution in [0.3, 0.4) is 0 Å². The summed E-state index contributed by atoms with van der Waals surface area (Å²) in [4.78, 5) is 22.2. The van der Waals surface area contributed by atoms with Crippen LogP contribution in [0.25, 0.3) is 0 Å². The molecule has 2 aliphatic heterocycles. The summed E-state index contributed by atoms with van der Waals surface area (Å²) < 4.78 is 6.18. The highest BCUT2D eigenvalue weighted by molar-refractivity contribution is 6.31. The molecule has 6 nitrogen and oxygen atoms in total. The zero-order valence-corrected chi connectivity index (χ0v) is 19.6. The van der Waals surface area contributed by atoms with Crippen LogP contribution >= 0.6 is 11.6 Å². The third-order valence-electron chi connectivity index (χ3n) is 5.81. The molecular weight excluding hydrogens is 424 g/mol. The average molecular weight is 455 g/mol. The summed E-state index contributed by atoms with van der Waals surface area (Å²) >= 11 is 6.25. The molecule has 0 bridgehead atoms. The number of ether oxygens (including phenoxy) is 1. The number of amides is 1. The third-order valence-corrected chi connectivity index (χ3v) is 6.05. The van der Waals surface area contributed by atoms with Gasteiger partial charge in [-0.3, -0.25) is 4.79 Å². The summed E-state index contributed by atoms with van der Waals surface area (Å²) in [6.07, 6.45) is 2.45. The predicted octanol–water partition coefficient (Wildman–Crippen LogP) is 4.84. The monoisotopic (exact) mass is 454 g/mol. The van der Waals surface area contributed by atoms with Gasteiger partial charge in [0.15, 0.2) is 5.75 Å². The van der Waals surface area contributed by atoms with Gasteiger partial charge in [-0.15, -0.1) is 0 Å². The molecule has 1 atom stereocenters. The van der Waals surface area contributed by atoms with E-state index in [-0.39, 0.29) is 11.9 Å². The maximum Gasteiger partial charge on any atom is 0.224 e. The molecule has 4 rings (SSSR count). The van der Waals surface area contributed by atoms with Gasteiger partial charge < -0.3 is 19.9 Å². The lowest BCUT2D eigenvalue weighted by atomic mass is 10.1. The van der Waals surface area contributed by atoms with E-state index in [0.29, 0.717) is 29.4 Å². The van der Waals surface area contributed by atoms with Gasteiger partial charge in [-0.05, 0) is 43.2 Å². The van der Waals surface area contributed by atoms with Crippen LogP contribution in [0.4, 0.5) is 5.69 Å². The van der Waals surface area contributed by atoms with Crippen molar-refractivity contribution in [3.63, 3.8) is 0 Å². The van der Waals surface area contributed by atoms with E-state index in [1.54, 1.807) is 0 Å². The maximum absolute atomic E-state index is 12.9. The molecule has 2 aromatic rings. The van der Waals surface area contributed by atoms with Crippen molar-refractivity contribution in [3.8, 4) is 11.5 Å². The number of piperazine rings is 1. The average Bonchev–Trinajstić information content (AvgIpc) is 2.95. The van der Waals surface area contributed by atoms with Crippen molar-refractivity contribution in [1.82, 2.24) is 15.1 Å². The summed E-state index contributed by atoms with van der Waals surface area (Å²) in [6.45, 7) is 8.18. The molecule has 2 aromatic carbocycles. The number of nitrogens with zero attached hydrogens (tertiary/aromatic N) is 3. The van der Waals surface area contributed by atoms with Crippen LogP contribution in [0.1, 0.15) is 38.7 Å². The van der Waals surface area contributed by atoms with Crippen molar-refractivity contribution in [2.24, 2.45) is 4.99 Å². The van der Waals surface area contributed by atoms with Crippen molar-refractivity contribution in [2.45, 2.75) is 39.2 Å². The number of hydrogen-bond acceptors (Lipinski definition) is 5. The van der Waals surface area contributed by atoms with Crippen molar-refractivity contribution in [3.05, 3.63) is 53.1 Å². The highest BCUT2D eigenvalue weighted by Gasteiger charge is 2.29. The number of aliphatic imine (C=N–C) groups is 1. The Labute approximate surface area is 195 Å². The zero-order valence-electron chi connectivity index (χ0n) is 18.8. The lowest BCUT2D eigenvalue weighted by Crippen LogP contribution is -2.54. The molecule has 0 unspecified atom stereocenters. The largest absolute Gasteiger partial charge is 0.454 e. The molecule has 1 amide bonds. The van der Waals surface area contributed by atoms with E-state index >= 15 is 0 Å². The van der Waals surface area contributed by atoms with Crippen molar-refractivity contribution in [1.29, 1.82) is 0 Å². The Morgan fingerprint density at radius 3 is 2.75 bits per heavy atom. The van der Waals surface area contributed by atoms with Gasteiger partial charge in [0.1, 0.15) is 17.3 Å². The Balaban J connectivity index is 1.58. The van der Waals surface area contributed by atoms with Crippen LogP contribution in [0.2, 0.25) is 5.02 Å². The number of nitrogens with one attached hydrogen (secondary N) is 1. The first-order valence-electron chi connectivity index (χ1n) is 11.5. The summed E-state index contributed by atoms with van der Waals surface area (Å²) in [5, 5.41) is 4.15. The number of carbonyl (C=O) groups is 1. The smallest absolute Gasteiger partial charge is 0.224 e. The fourth-order valence-electron chi connectivity index (χ4n) is 4.33. The molecule has 0 spiro atoms. The Bertz CT molecular complexity index is 988. The summed E-state index contributed by atoms with van der Waals surface area (Å²) in [5.41, 5.74) is 1.66. The standard InChI is InChI=1S/C25H31ClN4O2/c1-3-12-29(13-4-2)24(31)16-19-17-30(14-11-27-19)25-20-7-5-6-8-22(20)32-23-10-9-18(26)15-21(23)28-25/h5-10,15,19,27H,3-4,11-14,16-17H2,1-2H3/t19-/m0/s1. The van der Waals surface area contributed by atoms with E-state index in [1.807, 2.05) is 47.4 Å². The Morgan fingerprint density at radius 1 is 1.19 bits per heavy atom. The number of rotatable bonds is 6. The van der Waals surface area contributed by atoms with Crippen molar-refractivity contribution in [2.75, 3.05) is 32.7 Å². The molecule has 1 fully saturated rings. The number of benzene rings is 2. The summed E-state index contributed by atoms with van der Waals surface area (Å²) in [5.74, 6) is 2.54. The van der Waals surface area contributed by atoms with E-state index < -0.39 is 0 Å². The lowest BCUT2D eigenvalue weighted by Gasteiger charge is -2.36. The zero-order chi connectivity index (χ0) is 22.5. The van der Waals surface area contributed by atoms with E-state index in [1.165, 1.54) is 0 Å². The minimum Gasteiger partial charge on any atom is -0.454 e. The number of fused-ring (bicyclic) bond motifs is 2. The predicted molar refractivity (Wildman–Crippen MR) is 129 cm³/mol. The van der Waals surface area contributed by atoms with E-state index in [9.17, 15) is 4.79 Å². The Morgan fingerprint density at radius 2 is 1.97 bits per heavy atom. The van der Waals surface area contributed by atoms with E-state index in [4.69, 9.17) is 21.3 Å². The maximum atomic E-state index is 12.9. The van der Waals surface area contributed by atoms with Gasteiger partial charge >= 0.3 is 0 Å². The second-order valence-corrected chi connectivity index (χ2v) is 8.76. The molecule has 0 aromatic heterocycles. The minimum absolute atomic E-state index is 0.0744. The lowest BCUT2D eigenvalue weighted by molar-refractivity contribution is -0.132. The van der Waals surface area contributed by atoms with Gasteiger partial charge in [0.05, 0.1) is 5.56 Å². The Hall–Kier alpha value is -2.57. The van der Waals surface area contributed by atoms with Gasteiger partial charge in [-0.2, -0.15) is 0 Å². The van der Waals surface area contributed by atoms with Gasteiger partial charge in [-0.1, -0.05) is 37.6 Å². The summed E-state index contributed by atoms with van der Waals surface area (Å²) in [7, 11) is 0. The molecule has 1 N–H and O–H groups in total. The number of hydrogen-bond donors (Lipinski definition) is 1. The molecule has 170 valence electrons. The quantitative estimate of drug-likeness (QED) is 0.678. The topological polar surface area (TPSA) is 57.2 Å². The Kier molecular flexibility index (Phi) is 7.33. The molecule has 2 aliphatic rings. The SMILES string of the molecule is CCCN(CCC)C(=O)C[C@H]1CN(C2=Nc3cc(Cl)ccc3Oc3ccccc32)CCN1. The van der Waals surface area contributed by atoms with Gasteiger partial charge in [0, 0.05) is 50.2 Å². The molecular formula is C25H31ClN4O2. The van der Waals surface area contributed by atoms with Crippen LogP contribution in [-0.4, -0.2) is 60.3 Å². The molecule has 2 heterocycles. The number of halogens is 1. The van der Waals surface area contributed by atoms with Crippen LogP contribution in [0, 0.1) is 0 Å². The van der Waals surface area contributed by atoms with Crippen molar-refractivity contribution < 1.29 is 9.53 Å². The van der Waals surface area contributed by atoms with Gasteiger partial charge in [-0.25, -0.2) is 4.99 Å².